The van der Waals surface area contributed by atoms with Crippen molar-refractivity contribution in [1.82, 2.24) is 0 Å². The average Bonchev–Trinajstić information content (AvgIpc) is 3.06. The van der Waals surface area contributed by atoms with Crippen molar-refractivity contribution in [2.45, 2.75) is 33.2 Å². The first-order valence-electron chi connectivity index (χ1n) is 6.43. The van der Waals surface area contributed by atoms with E-state index in [1.807, 2.05) is 37.3 Å². The standard InChI is InChI=1S/C15H21NO2/c1-5-18-13(17)15(14(2,3)4)11-16(15)12-9-7-6-8-10-12/h6-10H,5,11H2,1-4H3. The monoisotopic (exact) mass is 247 g/mol. The number of nitrogens with zero attached hydrogens (tertiary/aromatic N) is 1. The van der Waals surface area contributed by atoms with Crippen molar-refractivity contribution in [3.63, 3.8) is 0 Å². The predicted molar refractivity (Wildman–Crippen MR) is 72.6 cm³/mol. The topological polar surface area (TPSA) is 29.3 Å². The van der Waals surface area contributed by atoms with Crippen LogP contribution in [-0.2, 0) is 9.53 Å². The van der Waals surface area contributed by atoms with Gasteiger partial charge < -0.3 is 9.64 Å². The molecule has 3 heteroatoms. The molecule has 0 spiro atoms. The van der Waals surface area contributed by atoms with Crippen LogP contribution in [0.4, 0.5) is 5.69 Å². The Hall–Kier alpha value is -1.51. The van der Waals surface area contributed by atoms with Crippen LogP contribution >= 0.6 is 0 Å². The van der Waals surface area contributed by atoms with E-state index < -0.39 is 5.54 Å². The Morgan fingerprint density at radius 1 is 1.33 bits per heavy atom. The normalized spacial score (nSPS) is 22.8. The Labute approximate surface area is 109 Å². The zero-order valence-corrected chi connectivity index (χ0v) is 11.6. The van der Waals surface area contributed by atoms with Gasteiger partial charge >= 0.3 is 5.97 Å². The molecule has 0 aliphatic carbocycles. The van der Waals surface area contributed by atoms with E-state index in [1.54, 1.807) is 0 Å². The number of hydrogen-bond acceptors (Lipinski definition) is 3. The van der Waals surface area contributed by atoms with E-state index in [-0.39, 0.29) is 11.4 Å². The van der Waals surface area contributed by atoms with E-state index in [2.05, 4.69) is 25.7 Å². The summed E-state index contributed by atoms with van der Waals surface area (Å²) < 4.78 is 5.27. The number of anilines is 1. The minimum atomic E-state index is -0.510. The Kier molecular flexibility index (Phi) is 3.09. The molecule has 1 aromatic carbocycles. The van der Waals surface area contributed by atoms with Gasteiger partial charge in [0, 0.05) is 5.69 Å². The molecule has 3 nitrogen and oxygen atoms in total. The van der Waals surface area contributed by atoms with Crippen molar-refractivity contribution in [3.05, 3.63) is 30.3 Å². The zero-order valence-electron chi connectivity index (χ0n) is 11.6. The van der Waals surface area contributed by atoms with Crippen LogP contribution in [0.3, 0.4) is 0 Å². The molecule has 0 bridgehead atoms. The Bertz CT molecular complexity index is 436. The number of para-hydroxylation sites is 1. The summed E-state index contributed by atoms with van der Waals surface area (Å²) in [4.78, 5) is 14.4. The summed E-state index contributed by atoms with van der Waals surface area (Å²) in [5.41, 5.74) is 0.430. The van der Waals surface area contributed by atoms with Crippen LogP contribution in [-0.4, -0.2) is 24.7 Å². The van der Waals surface area contributed by atoms with Gasteiger partial charge in [-0.2, -0.15) is 0 Å². The summed E-state index contributed by atoms with van der Waals surface area (Å²) >= 11 is 0. The number of benzene rings is 1. The molecule has 1 heterocycles. The second kappa shape index (κ2) is 4.30. The third-order valence-electron chi connectivity index (χ3n) is 3.67. The zero-order chi connectivity index (χ0) is 13.4. The third-order valence-corrected chi connectivity index (χ3v) is 3.67. The van der Waals surface area contributed by atoms with Gasteiger partial charge in [0.05, 0.1) is 13.2 Å². The molecule has 18 heavy (non-hydrogen) atoms. The molecule has 1 saturated heterocycles. The van der Waals surface area contributed by atoms with Crippen LogP contribution in [0.15, 0.2) is 30.3 Å². The van der Waals surface area contributed by atoms with Crippen LogP contribution in [0.1, 0.15) is 27.7 Å². The van der Waals surface area contributed by atoms with E-state index in [1.165, 1.54) is 0 Å². The van der Waals surface area contributed by atoms with E-state index in [0.29, 0.717) is 6.61 Å². The third kappa shape index (κ3) is 1.88. The molecular weight excluding hydrogens is 226 g/mol. The number of carbonyl (C=O) groups excluding carboxylic acids is 1. The number of esters is 1. The Morgan fingerprint density at radius 3 is 2.44 bits per heavy atom. The molecule has 1 fully saturated rings. The Balaban J connectivity index is 2.30. The molecule has 1 aliphatic heterocycles. The van der Waals surface area contributed by atoms with Gasteiger partial charge in [-0.1, -0.05) is 39.0 Å². The molecular formula is C15H21NO2. The van der Waals surface area contributed by atoms with Gasteiger partial charge in [-0.25, -0.2) is 4.79 Å². The first kappa shape index (κ1) is 12.9. The van der Waals surface area contributed by atoms with Crippen molar-refractivity contribution in [2.75, 3.05) is 18.1 Å². The summed E-state index contributed by atoms with van der Waals surface area (Å²) in [5, 5.41) is 0. The maximum Gasteiger partial charge on any atom is 0.334 e. The highest BCUT2D eigenvalue weighted by Gasteiger charge is 2.66. The molecule has 1 aromatic rings. The van der Waals surface area contributed by atoms with E-state index >= 15 is 0 Å². The number of carbonyl (C=O) groups is 1. The van der Waals surface area contributed by atoms with Gasteiger partial charge in [-0.15, -0.1) is 0 Å². The Morgan fingerprint density at radius 2 is 1.94 bits per heavy atom. The fourth-order valence-corrected chi connectivity index (χ4v) is 2.49. The highest BCUT2D eigenvalue weighted by atomic mass is 16.5. The summed E-state index contributed by atoms with van der Waals surface area (Å²) in [5.74, 6) is -0.110. The predicted octanol–water partition coefficient (Wildman–Crippen LogP) is 2.85. The SMILES string of the molecule is CCOC(=O)C1(C(C)(C)C)CN1c1ccccc1. The molecule has 0 saturated carbocycles. The van der Waals surface area contributed by atoms with Crippen LogP contribution in [0, 0.1) is 5.41 Å². The van der Waals surface area contributed by atoms with Gasteiger partial charge in [0.1, 0.15) is 0 Å². The molecule has 0 N–H and O–H groups in total. The summed E-state index contributed by atoms with van der Waals surface area (Å²) in [7, 11) is 0. The molecule has 1 aliphatic rings. The molecule has 1 atom stereocenters. The molecule has 0 radical (unpaired) electrons. The lowest BCUT2D eigenvalue weighted by Gasteiger charge is -2.29. The van der Waals surface area contributed by atoms with Gasteiger partial charge in [0.2, 0.25) is 0 Å². The maximum absolute atomic E-state index is 12.3. The maximum atomic E-state index is 12.3. The highest BCUT2D eigenvalue weighted by molar-refractivity contribution is 5.93. The number of rotatable bonds is 3. The van der Waals surface area contributed by atoms with Crippen molar-refractivity contribution >= 4 is 11.7 Å². The first-order valence-corrected chi connectivity index (χ1v) is 6.43. The molecule has 0 amide bonds. The van der Waals surface area contributed by atoms with Gasteiger partial charge in [0.25, 0.3) is 0 Å². The largest absolute Gasteiger partial charge is 0.464 e. The summed E-state index contributed by atoms with van der Waals surface area (Å²) in [6.45, 7) is 9.29. The van der Waals surface area contributed by atoms with Crippen molar-refractivity contribution < 1.29 is 9.53 Å². The molecule has 0 aromatic heterocycles. The molecule has 98 valence electrons. The average molecular weight is 247 g/mol. The lowest BCUT2D eigenvalue weighted by molar-refractivity contribution is -0.148. The minimum absolute atomic E-state index is 0.110. The van der Waals surface area contributed by atoms with Gasteiger partial charge in [-0.3, -0.25) is 0 Å². The van der Waals surface area contributed by atoms with Crippen LogP contribution in [0.25, 0.3) is 0 Å². The second-order valence-electron chi connectivity index (χ2n) is 5.75. The first-order chi connectivity index (χ1) is 8.43. The van der Waals surface area contributed by atoms with Crippen LogP contribution in [0.2, 0.25) is 0 Å². The fourth-order valence-electron chi connectivity index (χ4n) is 2.49. The molecule has 1 unspecified atom stereocenters. The van der Waals surface area contributed by atoms with E-state index in [0.717, 1.165) is 12.2 Å². The minimum Gasteiger partial charge on any atom is -0.464 e. The summed E-state index contributed by atoms with van der Waals surface area (Å²) in [6, 6.07) is 10.0. The van der Waals surface area contributed by atoms with Crippen molar-refractivity contribution in [3.8, 4) is 0 Å². The van der Waals surface area contributed by atoms with Gasteiger partial charge in [0.15, 0.2) is 5.54 Å². The van der Waals surface area contributed by atoms with Crippen molar-refractivity contribution in [2.24, 2.45) is 5.41 Å². The second-order valence-corrected chi connectivity index (χ2v) is 5.75. The van der Waals surface area contributed by atoms with Gasteiger partial charge in [-0.05, 0) is 24.5 Å². The van der Waals surface area contributed by atoms with Crippen molar-refractivity contribution in [1.29, 1.82) is 0 Å². The smallest absolute Gasteiger partial charge is 0.334 e. The summed E-state index contributed by atoms with van der Waals surface area (Å²) in [6.07, 6.45) is 0. The lowest BCUT2D eigenvalue weighted by atomic mass is 9.80. The lowest BCUT2D eigenvalue weighted by Crippen LogP contribution is -2.43. The molecule has 2 rings (SSSR count). The number of ether oxygens (including phenoxy) is 1. The van der Waals surface area contributed by atoms with Crippen LogP contribution < -0.4 is 4.90 Å². The fraction of sp³-hybridized carbons (Fsp3) is 0.533. The highest BCUT2D eigenvalue weighted by Crippen LogP contribution is 2.50. The van der Waals surface area contributed by atoms with Crippen LogP contribution in [0.5, 0.6) is 0 Å². The van der Waals surface area contributed by atoms with E-state index in [9.17, 15) is 4.79 Å². The van der Waals surface area contributed by atoms with E-state index in [4.69, 9.17) is 4.74 Å². The number of hydrogen-bond donors (Lipinski definition) is 0. The quantitative estimate of drug-likeness (QED) is 0.607.